The van der Waals surface area contributed by atoms with Gasteiger partial charge in [-0.15, -0.1) is 0 Å². The molecule has 1 amide bonds. The van der Waals surface area contributed by atoms with Crippen molar-refractivity contribution in [3.63, 3.8) is 0 Å². The van der Waals surface area contributed by atoms with Gasteiger partial charge in [-0.05, 0) is 44.4 Å². The molecule has 5 heteroatoms. The topological polar surface area (TPSA) is 78.8 Å². The van der Waals surface area contributed by atoms with Crippen molar-refractivity contribution in [2.24, 2.45) is 35.0 Å². The second kappa shape index (κ2) is 5.95. The van der Waals surface area contributed by atoms with E-state index in [1.165, 1.54) is 5.57 Å². The van der Waals surface area contributed by atoms with Gasteiger partial charge in [0.15, 0.2) is 5.79 Å². The lowest BCUT2D eigenvalue weighted by molar-refractivity contribution is -0.356. The minimum atomic E-state index is -1.54. The standard InChI is InChI=1S/C24H35NO4/c1-12(2)10-17-20-15(5)14(4)11-16-19-13(3)6-7-18(26)22(19)8-9-23(28,29-22)24(16,20)21(27)25-17/h11-12,15-20,26,28H,3,6-10H2,1-2,4-5H3,(H,25,27). The number of nitrogens with one attached hydrogen (secondary N) is 1. The van der Waals surface area contributed by atoms with Crippen molar-refractivity contribution in [3.05, 3.63) is 23.8 Å². The normalized spacial score (nSPS) is 53.3. The molecule has 29 heavy (non-hydrogen) atoms. The molecule has 0 aromatic heterocycles. The van der Waals surface area contributed by atoms with Crippen LogP contribution >= 0.6 is 0 Å². The SMILES string of the molecule is C=C1CCC(O)C23CCC(O)(O2)C24C(=O)NC(CC(C)C)C2C(C)C(C)=CC4C13. The fourth-order valence-electron chi connectivity index (χ4n) is 7.94. The lowest BCUT2D eigenvalue weighted by atomic mass is 9.47. The van der Waals surface area contributed by atoms with Gasteiger partial charge in [-0.1, -0.05) is 44.6 Å². The highest BCUT2D eigenvalue weighted by Crippen LogP contribution is 2.72. The summed E-state index contributed by atoms with van der Waals surface area (Å²) in [5.41, 5.74) is 0.490. The zero-order valence-electron chi connectivity index (χ0n) is 18.1. The van der Waals surface area contributed by atoms with Gasteiger partial charge >= 0.3 is 0 Å². The first-order chi connectivity index (χ1) is 13.6. The van der Waals surface area contributed by atoms with Crippen LogP contribution in [-0.2, 0) is 9.53 Å². The molecule has 0 aromatic carbocycles. The summed E-state index contributed by atoms with van der Waals surface area (Å²) in [6.07, 6.45) is 4.79. The number of hydrogen-bond donors (Lipinski definition) is 3. The molecule has 2 aliphatic carbocycles. The smallest absolute Gasteiger partial charge is 0.232 e. The van der Waals surface area contributed by atoms with Crippen LogP contribution in [-0.4, -0.2) is 39.7 Å². The number of aliphatic hydroxyl groups excluding tert-OH is 1. The van der Waals surface area contributed by atoms with Crippen LogP contribution in [0.2, 0.25) is 0 Å². The molecule has 0 radical (unpaired) electrons. The van der Waals surface area contributed by atoms with Gasteiger partial charge in [-0.25, -0.2) is 0 Å². The quantitative estimate of drug-likeness (QED) is 0.622. The predicted octanol–water partition coefficient (Wildman–Crippen LogP) is 2.92. The Hall–Kier alpha value is -1.17. The lowest BCUT2D eigenvalue weighted by Gasteiger charge is -2.62. The van der Waals surface area contributed by atoms with Crippen molar-refractivity contribution < 1.29 is 19.7 Å². The summed E-state index contributed by atoms with van der Waals surface area (Å²) in [5, 5.41) is 26.3. The summed E-state index contributed by atoms with van der Waals surface area (Å²) >= 11 is 0. The van der Waals surface area contributed by atoms with E-state index in [0.29, 0.717) is 25.2 Å². The number of ether oxygens (including phenoxy) is 1. The second-order valence-electron chi connectivity index (χ2n) is 10.9. The first-order valence-electron chi connectivity index (χ1n) is 11.4. The molecule has 3 heterocycles. The van der Waals surface area contributed by atoms with Crippen LogP contribution in [0.3, 0.4) is 0 Å². The van der Waals surface area contributed by atoms with Crippen LogP contribution in [0.25, 0.3) is 0 Å². The molecule has 160 valence electrons. The molecule has 3 saturated heterocycles. The maximum absolute atomic E-state index is 13.8. The Labute approximate surface area is 173 Å². The number of hydrogen-bond acceptors (Lipinski definition) is 4. The maximum Gasteiger partial charge on any atom is 0.232 e. The van der Waals surface area contributed by atoms with Gasteiger partial charge in [0.1, 0.15) is 11.0 Å². The molecule has 5 rings (SSSR count). The molecule has 9 atom stereocenters. The maximum atomic E-state index is 13.8. The molecule has 5 aliphatic rings. The van der Waals surface area contributed by atoms with Crippen molar-refractivity contribution in [3.8, 4) is 0 Å². The van der Waals surface area contributed by atoms with Gasteiger partial charge in [-0.2, -0.15) is 0 Å². The molecular weight excluding hydrogens is 366 g/mol. The number of carbonyl (C=O) groups excluding carboxylic acids is 1. The van der Waals surface area contributed by atoms with Crippen molar-refractivity contribution in [1.82, 2.24) is 5.32 Å². The summed E-state index contributed by atoms with van der Waals surface area (Å²) in [4.78, 5) is 13.8. The fraction of sp³-hybridized carbons (Fsp3) is 0.792. The summed E-state index contributed by atoms with van der Waals surface area (Å²) < 4.78 is 6.50. The third-order valence-electron chi connectivity index (χ3n) is 9.09. The molecule has 9 unspecified atom stereocenters. The Morgan fingerprint density at radius 3 is 2.79 bits per heavy atom. The van der Waals surface area contributed by atoms with E-state index >= 15 is 0 Å². The van der Waals surface area contributed by atoms with Gasteiger partial charge in [0.05, 0.1) is 6.10 Å². The number of aliphatic hydroxyl groups is 2. The second-order valence-corrected chi connectivity index (χ2v) is 10.9. The molecule has 2 bridgehead atoms. The third-order valence-corrected chi connectivity index (χ3v) is 9.09. The van der Waals surface area contributed by atoms with E-state index in [-0.39, 0.29) is 35.6 Å². The van der Waals surface area contributed by atoms with Crippen LogP contribution in [0.15, 0.2) is 23.8 Å². The highest BCUT2D eigenvalue weighted by molar-refractivity contribution is 5.89. The number of carbonyl (C=O) groups is 1. The molecule has 2 spiro atoms. The largest absolute Gasteiger partial charge is 0.390 e. The Morgan fingerprint density at radius 1 is 1.38 bits per heavy atom. The highest BCUT2D eigenvalue weighted by atomic mass is 16.7. The van der Waals surface area contributed by atoms with Crippen LogP contribution in [0.4, 0.5) is 0 Å². The molecule has 3 N–H and O–H groups in total. The zero-order chi connectivity index (χ0) is 20.9. The van der Waals surface area contributed by atoms with Gasteiger partial charge in [-0.3, -0.25) is 4.79 Å². The summed E-state index contributed by atoms with van der Waals surface area (Å²) in [7, 11) is 0. The van der Waals surface area contributed by atoms with Gasteiger partial charge in [0.2, 0.25) is 5.91 Å². The summed E-state index contributed by atoms with van der Waals surface area (Å²) in [5.74, 6) is -1.34. The van der Waals surface area contributed by atoms with Crippen molar-refractivity contribution in [2.75, 3.05) is 0 Å². The third kappa shape index (κ3) is 2.14. The Balaban J connectivity index is 1.74. The number of allylic oxidation sites excluding steroid dienone is 2. The minimum absolute atomic E-state index is 0.0196. The van der Waals surface area contributed by atoms with E-state index in [9.17, 15) is 15.0 Å². The van der Waals surface area contributed by atoms with Crippen molar-refractivity contribution in [1.29, 1.82) is 0 Å². The van der Waals surface area contributed by atoms with E-state index in [1.807, 2.05) is 0 Å². The molecule has 1 saturated carbocycles. The molecule has 0 aromatic rings. The van der Waals surface area contributed by atoms with Crippen LogP contribution in [0, 0.1) is 35.0 Å². The van der Waals surface area contributed by atoms with Gasteiger partial charge in [0.25, 0.3) is 0 Å². The van der Waals surface area contributed by atoms with Crippen molar-refractivity contribution >= 4 is 5.91 Å². The van der Waals surface area contributed by atoms with E-state index in [0.717, 1.165) is 18.4 Å². The van der Waals surface area contributed by atoms with Crippen molar-refractivity contribution in [2.45, 2.75) is 83.3 Å². The number of rotatable bonds is 2. The molecule has 4 fully saturated rings. The summed E-state index contributed by atoms with van der Waals surface area (Å²) in [6.45, 7) is 13.1. The Morgan fingerprint density at radius 2 is 2.10 bits per heavy atom. The number of fused-ring (bicyclic) bond motifs is 2. The van der Waals surface area contributed by atoms with E-state index in [4.69, 9.17) is 4.74 Å². The van der Waals surface area contributed by atoms with Crippen LogP contribution < -0.4 is 5.32 Å². The van der Waals surface area contributed by atoms with Crippen LogP contribution in [0.1, 0.15) is 59.8 Å². The average Bonchev–Trinajstić information content (AvgIpc) is 3.10. The molecular formula is C24H35NO4. The predicted molar refractivity (Wildman–Crippen MR) is 110 cm³/mol. The fourth-order valence-corrected chi connectivity index (χ4v) is 7.94. The van der Waals surface area contributed by atoms with E-state index < -0.39 is 22.9 Å². The van der Waals surface area contributed by atoms with Gasteiger partial charge < -0.3 is 20.3 Å². The lowest BCUT2D eigenvalue weighted by Crippen LogP contribution is -2.72. The molecule has 3 aliphatic heterocycles. The number of amides is 1. The Kier molecular flexibility index (Phi) is 4.06. The van der Waals surface area contributed by atoms with Gasteiger partial charge in [0, 0.05) is 30.2 Å². The highest BCUT2D eigenvalue weighted by Gasteiger charge is 2.81. The average molecular weight is 402 g/mol. The molecule has 5 nitrogen and oxygen atoms in total. The van der Waals surface area contributed by atoms with E-state index in [2.05, 4.69) is 45.7 Å². The van der Waals surface area contributed by atoms with E-state index in [1.54, 1.807) is 0 Å². The first kappa shape index (κ1) is 19.8. The monoisotopic (exact) mass is 401 g/mol. The van der Waals surface area contributed by atoms with Crippen LogP contribution in [0.5, 0.6) is 0 Å². The first-order valence-corrected chi connectivity index (χ1v) is 11.4. The Bertz CT molecular complexity index is 805. The minimum Gasteiger partial charge on any atom is -0.390 e. The summed E-state index contributed by atoms with van der Waals surface area (Å²) in [6, 6.07) is 0.0196. The zero-order valence-corrected chi connectivity index (χ0v) is 18.1.